The highest BCUT2D eigenvalue weighted by atomic mass is 79.9. The summed E-state index contributed by atoms with van der Waals surface area (Å²) in [5.41, 5.74) is 0.526. The van der Waals surface area contributed by atoms with Crippen LogP contribution in [-0.2, 0) is 11.5 Å². The second-order valence-electron chi connectivity index (χ2n) is 7.15. The minimum absolute atomic E-state index is 0.141. The highest BCUT2D eigenvalue weighted by molar-refractivity contribution is 9.10. The lowest BCUT2D eigenvalue weighted by Gasteiger charge is -2.29. The molecule has 1 aliphatic heterocycles. The summed E-state index contributed by atoms with van der Waals surface area (Å²) in [6.07, 6.45) is 3.46. The van der Waals surface area contributed by atoms with E-state index in [1.807, 2.05) is 0 Å². The van der Waals surface area contributed by atoms with Crippen molar-refractivity contribution >= 4 is 41.3 Å². The molecular formula is C15H25BrClN3O2Si. The van der Waals surface area contributed by atoms with Gasteiger partial charge >= 0.3 is 0 Å². The lowest BCUT2D eigenvalue weighted by atomic mass is 10.1. The van der Waals surface area contributed by atoms with Gasteiger partial charge in [-0.15, -0.1) is 0 Å². The maximum atomic E-state index is 12.5. The van der Waals surface area contributed by atoms with E-state index < -0.39 is 8.07 Å². The number of piperidine rings is 1. The second kappa shape index (κ2) is 8.14. The van der Waals surface area contributed by atoms with Crippen LogP contribution in [0.15, 0.2) is 9.27 Å². The topological polar surface area (TPSA) is 47.4 Å². The Bertz CT molecular complexity index is 598. The molecule has 0 unspecified atom stereocenters. The molecule has 1 aromatic heterocycles. The first-order valence-electron chi connectivity index (χ1n) is 8.08. The van der Waals surface area contributed by atoms with Crippen LogP contribution in [0.3, 0.4) is 0 Å². The van der Waals surface area contributed by atoms with E-state index >= 15 is 0 Å². The van der Waals surface area contributed by atoms with Crippen LogP contribution < -0.4 is 10.5 Å². The van der Waals surface area contributed by atoms with E-state index in [4.69, 9.17) is 16.3 Å². The van der Waals surface area contributed by atoms with Crippen molar-refractivity contribution < 1.29 is 4.74 Å². The molecular weight excluding hydrogens is 398 g/mol. The molecule has 0 atom stereocenters. The Morgan fingerprint density at radius 1 is 1.26 bits per heavy atom. The summed E-state index contributed by atoms with van der Waals surface area (Å²) in [7, 11) is -1.14. The highest BCUT2D eigenvalue weighted by Crippen LogP contribution is 2.31. The number of nitrogens with zero attached hydrogens (tertiary/aromatic N) is 3. The first-order valence-corrected chi connectivity index (χ1v) is 13.0. The normalized spacial score (nSPS) is 16.0. The molecule has 5 nitrogen and oxygen atoms in total. The SMILES string of the molecule is C[Si](C)(C)CCOCn1nc(Cl)c(N2CCCCC2)c(Br)c1=O. The average molecular weight is 423 g/mol. The van der Waals surface area contributed by atoms with Gasteiger partial charge in [-0.1, -0.05) is 31.2 Å². The van der Waals surface area contributed by atoms with Gasteiger partial charge in [0.2, 0.25) is 0 Å². The van der Waals surface area contributed by atoms with Crippen LogP contribution in [0.1, 0.15) is 19.3 Å². The van der Waals surface area contributed by atoms with Gasteiger partial charge in [-0.2, -0.15) is 5.10 Å². The zero-order valence-electron chi connectivity index (χ0n) is 14.1. The summed E-state index contributed by atoms with van der Waals surface area (Å²) in [6.45, 7) is 9.49. The van der Waals surface area contributed by atoms with Gasteiger partial charge in [0, 0.05) is 27.8 Å². The lowest BCUT2D eigenvalue weighted by Crippen LogP contribution is -2.34. The Morgan fingerprint density at radius 2 is 1.91 bits per heavy atom. The highest BCUT2D eigenvalue weighted by Gasteiger charge is 2.21. The number of rotatable bonds is 6. The minimum Gasteiger partial charge on any atom is -0.368 e. The molecule has 1 saturated heterocycles. The van der Waals surface area contributed by atoms with Crippen molar-refractivity contribution in [3.8, 4) is 0 Å². The Balaban J connectivity index is 2.09. The number of aromatic nitrogens is 2. The number of hydrogen-bond donors (Lipinski definition) is 0. The Labute approximate surface area is 152 Å². The summed E-state index contributed by atoms with van der Waals surface area (Å²) >= 11 is 9.74. The van der Waals surface area contributed by atoms with Gasteiger partial charge in [0.15, 0.2) is 5.15 Å². The lowest BCUT2D eigenvalue weighted by molar-refractivity contribution is 0.0748. The second-order valence-corrected chi connectivity index (χ2v) is 13.9. The molecule has 0 bridgehead atoms. The molecule has 2 rings (SSSR count). The van der Waals surface area contributed by atoms with E-state index in [1.54, 1.807) is 0 Å². The zero-order chi connectivity index (χ0) is 17.0. The first-order chi connectivity index (χ1) is 10.8. The molecule has 0 amide bonds. The quantitative estimate of drug-likeness (QED) is 0.514. The number of anilines is 1. The van der Waals surface area contributed by atoms with Crippen molar-refractivity contribution in [2.45, 2.75) is 51.7 Å². The van der Waals surface area contributed by atoms with Gasteiger partial charge in [0.05, 0.1) is 5.69 Å². The molecule has 0 saturated carbocycles. The smallest absolute Gasteiger partial charge is 0.285 e. The van der Waals surface area contributed by atoms with Crippen LogP contribution in [0, 0.1) is 0 Å². The van der Waals surface area contributed by atoms with Crippen LogP contribution >= 0.6 is 27.5 Å². The molecule has 130 valence electrons. The first kappa shape index (κ1) is 19.0. The van der Waals surface area contributed by atoms with Gasteiger partial charge in [-0.05, 0) is 41.2 Å². The summed E-state index contributed by atoms with van der Waals surface area (Å²) in [5, 5.41) is 4.58. The minimum atomic E-state index is -1.14. The maximum Gasteiger partial charge on any atom is 0.285 e. The van der Waals surface area contributed by atoms with Gasteiger partial charge in [0.25, 0.3) is 5.56 Å². The third-order valence-corrected chi connectivity index (χ3v) is 6.59. The predicted molar refractivity (Wildman–Crippen MR) is 101 cm³/mol. The largest absolute Gasteiger partial charge is 0.368 e. The van der Waals surface area contributed by atoms with Gasteiger partial charge in [0.1, 0.15) is 11.2 Å². The maximum absolute atomic E-state index is 12.5. The van der Waals surface area contributed by atoms with Crippen molar-refractivity contribution in [2.24, 2.45) is 0 Å². The third kappa shape index (κ3) is 5.31. The van der Waals surface area contributed by atoms with Crippen molar-refractivity contribution in [1.29, 1.82) is 0 Å². The standard InChI is InChI=1S/C15H25BrClN3O2Si/c1-23(2,3)10-9-22-11-20-15(21)12(16)13(14(17)18-20)19-7-5-4-6-8-19/h4-11H2,1-3H3. The molecule has 0 aromatic carbocycles. The Morgan fingerprint density at radius 3 is 2.52 bits per heavy atom. The third-order valence-electron chi connectivity index (χ3n) is 3.92. The van der Waals surface area contributed by atoms with E-state index in [0.717, 1.165) is 37.7 Å². The zero-order valence-corrected chi connectivity index (χ0v) is 17.4. The number of hydrogen-bond acceptors (Lipinski definition) is 4. The summed E-state index contributed by atoms with van der Waals surface area (Å²) in [6, 6.07) is 1.06. The van der Waals surface area contributed by atoms with E-state index in [0.29, 0.717) is 16.2 Å². The van der Waals surface area contributed by atoms with Crippen molar-refractivity contribution in [3.05, 3.63) is 20.0 Å². The molecule has 1 aromatic rings. The Kier molecular flexibility index (Phi) is 6.71. The molecule has 1 fully saturated rings. The van der Waals surface area contributed by atoms with Crippen molar-refractivity contribution in [2.75, 3.05) is 24.6 Å². The Hall–Kier alpha value is -0.373. The van der Waals surface area contributed by atoms with Gasteiger partial charge in [-0.25, -0.2) is 4.68 Å². The summed E-state index contributed by atoms with van der Waals surface area (Å²) in [5.74, 6) is 0. The molecule has 1 aliphatic rings. The molecule has 0 spiro atoms. The monoisotopic (exact) mass is 421 g/mol. The number of halogens is 2. The van der Waals surface area contributed by atoms with Gasteiger partial charge in [-0.3, -0.25) is 4.79 Å². The van der Waals surface area contributed by atoms with E-state index in [2.05, 4.69) is 45.6 Å². The van der Waals surface area contributed by atoms with Gasteiger partial charge < -0.3 is 9.64 Å². The van der Waals surface area contributed by atoms with Crippen LogP contribution in [0.4, 0.5) is 5.69 Å². The van der Waals surface area contributed by atoms with E-state index in [1.165, 1.54) is 11.1 Å². The summed E-state index contributed by atoms with van der Waals surface area (Å²) < 4.78 is 7.39. The van der Waals surface area contributed by atoms with E-state index in [9.17, 15) is 4.79 Å². The predicted octanol–water partition coefficient (Wildman–Crippen LogP) is 3.96. The van der Waals surface area contributed by atoms with Crippen molar-refractivity contribution in [1.82, 2.24) is 9.78 Å². The fourth-order valence-corrected chi connectivity index (χ4v) is 4.33. The van der Waals surface area contributed by atoms with Crippen LogP contribution in [-0.4, -0.2) is 37.6 Å². The van der Waals surface area contributed by atoms with Crippen LogP contribution in [0.2, 0.25) is 30.8 Å². The molecule has 0 aliphatic carbocycles. The molecule has 0 radical (unpaired) electrons. The average Bonchev–Trinajstić information content (AvgIpc) is 2.48. The van der Waals surface area contributed by atoms with Crippen LogP contribution in [0.25, 0.3) is 0 Å². The fraction of sp³-hybridized carbons (Fsp3) is 0.733. The molecule has 23 heavy (non-hydrogen) atoms. The van der Waals surface area contributed by atoms with E-state index in [-0.39, 0.29) is 12.3 Å². The number of ether oxygens (including phenoxy) is 1. The van der Waals surface area contributed by atoms with Crippen LogP contribution in [0.5, 0.6) is 0 Å². The molecule has 8 heteroatoms. The summed E-state index contributed by atoms with van der Waals surface area (Å²) in [4.78, 5) is 14.6. The fourth-order valence-electron chi connectivity index (χ4n) is 2.51. The van der Waals surface area contributed by atoms with Crippen molar-refractivity contribution in [3.63, 3.8) is 0 Å². The molecule has 2 heterocycles. The molecule has 0 N–H and O–H groups in total.